The quantitative estimate of drug-likeness (QED) is 0.660. The molecule has 0 saturated carbocycles. The summed E-state index contributed by atoms with van der Waals surface area (Å²) in [6, 6.07) is 10.2. The van der Waals surface area contributed by atoms with Crippen LogP contribution in [0.2, 0.25) is 0 Å². The Morgan fingerprint density at radius 1 is 0.947 bits per heavy atom. The predicted molar refractivity (Wildman–Crippen MR) is 91.6 cm³/mol. The first-order chi connectivity index (χ1) is 8.90. The van der Waals surface area contributed by atoms with Crippen molar-refractivity contribution in [2.75, 3.05) is 0 Å². The summed E-state index contributed by atoms with van der Waals surface area (Å²) in [6.45, 7) is 6.22. The lowest BCUT2D eigenvalue weighted by atomic mass is 9.94. The van der Waals surface area contributed by atoms with Crippen molar-refractivity contribution in [2.45, 2.75) is 26.9 Å². The van der Waals surface area contributed by atoms with Crippen molar-refractivity contribution in [3.8, 4) is 0 Å². The topological polar surface area (TPSA) is 20.2 Å². The van der Waals surface area contributed by atoms with E-state index in [4.69, 9.17) is 0 Å². The molecule has 0 aliphatic heterocycles. The van der Waals surface area contributed by atoms with Gasteiger partial charge in [0.1, 0.15) is 6.10 Å². The molecule has 100 valence electrons. The van der Waals surface area contributed by atoms with Crippen LogP contribution < -0.4 is 0 Å². The van der Waals surface area contributed by atoms with Crippen molar-refractivity contribution < 1.29 is 5.11 Å². The fraction of sp³-hybridized carbons (Fsp3) is 0.250. The third-order valence-corrected chi connectivity index (χ3v) is 4.82. The van der Waals surface area contributed by atoms with E-state index in [9.17, 15) is 5.11 Å². The molecule has 3 heteroatoms. The van der Waals surface area contributed by atoms with Crippen LogP contribution in [0.1, 0.15) is 33.9 Å². The number of halogens is 2. The minimum atomic E-state index is -0.594. The highest BCUT2D eigenvalue weighted by Gasteiger charge is 2.17. The second kappa shape index (κ2) is 5.94. The third-order valence-electron chi connectivity index (χ3n) is 3.43. The summed E-state index contributed by atoms with van der Waals surface area (Å²) < 4.78 is 2.06. The number of hydrogen-bond donors (Lipinski definition) is 1. The van der Waals surface area contributed by atoms with Crippen LogP contribution in [0.5, 0.6) is 0 Å². The molecule has 2 aromatic carbocycles. The summed E-state index contributed by atoms with van der Waals surface area (Å²) in [7, 11) is 0. The third kappa shape index (κ3) is 3.20. The minimum Gasteiger partial charge on any atom is -0.384 e. The molecule has 0 spiro atoms. The van der Waals surface area contributed by atoms with Crippen molar-refractivity contribution >= 4 is 38.5 Å². The molecule has 1 N–H and O–H groups in total. The van der Waals surface area contributed by atoms with Crippen LogP contribution in [-0.2, 0) is 0 Å². The van der Waals surface area contributed by atoms with Gasteiger partial charge < -0.3 is 5.11 Å². The van der Waals surface area contributed by atoms with Crippen LogP contribution in [0.15, 0.2) is 34.8 Å². The lowest BCUT2D eigenvalue weighted by Gasteiger charge is -2.18. The van der Waals surface area contributed by atoms with Crippen LogP contribution in [0.4, 0.5) is 0 Å². The number of aliphatic hydroxyl groups excluding tert-OH is 1. The van der Waals surface area contributed by atoms with E-state index in [1.807, 2.05) is 25.1 Å². The van der Waals surface area contributed by atoms with Crippen molar-refractivity contribution in [1.82, 2.24) is 0 Å². The van der Waals surface area contributed by atoms with E-state index in [2.05, 4.69) is 64.5 Å². The summed E-state index contributed by atoms with van der Waals surface area (Å²) in [5, 5.41) is 10.7. The van der Waals surface area contributed by atoms with E-state index in [0.29, 0.717) is 0 Å². The molecule has 1 atom stereocenters. The second-order valence-corrected chi connectivity index (χ2v) is 6.96. The summed E-state index contributed by atoms with van der Waals surface area (Å²) in [5.74, 6) is 0. The number of aliphatic hydroxyl groups is 1. The maximum absolute atomic E-state index is 10.7. The van der Waals surface area contributed by atoms with Crippen molar-refractivity contribution in [1.29, 1.82) is 0 Å². The standard InChI is InChI=1S/C16H16BrIO/c1-9-6-11(3)13(7-10(9)2)16(19)14-8-12(18)4-5-15(14)17/h4-8,16,19H,1-3H3. The molecule has 1 unspecified atom stereocenters. The molecule has 0 bridgehead atoms. The predicted octanol–water partition coefficient (Wildman–Crippen LogP) is 5.06. The van der Waals surface area contributed by atoms with E-state index in [1.165, 1.54) is 11.1 Å². The Balaban J connectivity index is 2.52. The molecule has 0 radical (unpaired) electrons. The SMILES string of the molecule is Cc1cc(C)c(C(O)c2cc(I)ccc2Br)cc1C. The van der Waals surface area contributed by atoms with Gasteiger partial charge in [0.15, 0.2) is 0 Å². The van der Waals surface area contributed by atoms with Gasteiger partial charge in [-0.2, -0.15) is 0 Å². The monoisotopic (exact) mass is 430 g/mol. The average Bonchev–Trinajstić information content (AvgIpc) is 2.36. The maximum atomic E-state index is 10.7. The zero-order valence-corrected chi connectivity index (χ0v) is 14.9. The highest BCUT2D eigenvalue weighted by molar-refractivity contribution is 14.1. The number of benzene rings is 2. The fourth-order valence-electron chi connectivity index (χ4n) is 2.17. The smallest absolute Gasteiger partial charge is 0.105 e. The molecule has 0 saturated heterocycles. The molecule has 0 aliphatic carbocycles. The Morgan fingerprint density at radius 3 is 2.26 bits per heavy atom. The second-order valence-electron chi connectivity index (χ2n) is 4.86. The summed E-state index contributed by atoms with van der Waals surface area (Å²) in [4.78, 5) is 0. The van der Waals surface area contributed by atoms with E-state index in [-0.39, 0.29) is 0 Å². The molecular weight excluding hydrogens is 415 g/mol. The van der Waals surface area contributed by atoms with Gasteiger partial charge in [-0.15, -0.1) is 0 Å². The Morgan fingerprint density at radius 2 is 1.58 bits per heavy atom. The molecule has 0 fully saturated rings. The molecule has 0 heterocycles. The van der Waals surface area contributed by atoms with Crippen LogP contribution in [0.25, 0.3) is 0 Å². The fourth-order valence-corrected chi connectivity index (χ4v) is 3.15. The van der Waals surface area contributed by atoms with Crippen LogP contribution >= 0.6 is 38.5 Å². The molecule has 0 amide bonds. The van der Waals surface area contributed by atoms with Crippen LogP contribution in [0.3, 0.4) is 0 Å². The first-order valence-electron chi connectivity index (χ1n) is 6.11. The first kappa shape index (κ1) is 15.0. The summed E-state index contributed by atoms with van der Waals surface area (Å²) in [5.41, 5.74) is 5.49. The largest absolute Gasteiger partial charge is 0.384 e. The van der Waals surface area contributed by atoms with Crippen molar-refractivity contribution in [2.24, 2.45) is 0 Å². The van der Waals surface area contributed by atoms with E-state index in [1.54, 1.807) is 0 Å². The zero-order valence-electron chi connectivity index (χ0n) is 11.2. The lowest BCUT2D eigenvalue weighted by molar-refractivity contribution is 0.218. The highest BCUT2D eigenvalue weighted by Crippen LogP contribution is 2.32. The first-order valence-corrected chi connectivity index (χ1v) is 7.98. The molecule has 0 aromatic heterocycles. The van der Waals surface area contributed by atoms with Crippen LogP contribution in [-0.4, -0.2) is 5.11 Å². The van der Waals surface area contributed by atoms with E-state index >= 15 is 0 Å². The Kier molecular flexibility index (Phi) is 4.69. The Labute approximate surface area is 136 Å². The number of aryl methyl sites for hydroxylation is 3. The van der Waals surface area contributed by atoms with Crippen molar-refractivity contribution in [3.05, 3.63) is 66.2 Å². The number of rotatable bonds is 2. The molecule has 2 aromatic rings. The Bertz CT molecular complexity index is 622. The van der Waals surface area contributed by atoms with Gasteiger partial charge in [0.2, 0.25) is 0 Å². The summed E-state index contributed by atoms with van der Waals surface area (Å²) in [6.07, 6.45) is -0.594. The Hall–Kier alpha value is -0.390. The number of hydrogen-bond acceptors (Lipinski definition) is 1. The van der Waals surface area contributed by atoms with Crippen molar-refractivity contribution in [3.63, 3.8) is 0 Å². The molecule has 1 nitrogen and oxygen atoms in total. The molecule has 2 rings (SSSR count). The lowest BCUT2D eigenvalue weighted by Crippen LogP contribution is -2.04. The highest BCUT2D eigenvalue weighted by atomic mass is 127. The van der Waals surface area contributed by atoms with Gasteiger partial charge >= 0.3 is 0 Å². The molecular formula is C16H16BrIO. The van der Waals surface area contributed by atoms with E-state index in [0.717, 1.165) is 24.7 Å². The molecule has 0 aliphatic rings. The van der Waals surface area contributed by atoms with Gasteiger partial charge in [-0.1, -0.05) is 28.1 Å². The summed E-state index contributed by atoms with van der Waals surface area (Å²) >= 11 is 5.79. The van der Waals surface area contributed by atoms with Gasteiger partial charge in [-0.25, -0.2) is 0 Å². The van der Waals surface area contributed by atoms with Gasteiger partial charge in [0.05, 0.1) is 0 Å². The normalized spacial score (nSPS) is 12.5. The van der Waals surface area contributed by atoms with Gasteiger partial charge in [0, 0.05) is 13.6 Å². The minimum absolute atomic E-state index is 0.594. The van der Waals surface area contributed by atoms with Crippen LogP contribution in [0, 0.1) is 24.3 Å². The zero-order chi connectivity index (χ0) is 14.2. The van der Waals surface area contributed by atoms with E-state index < -0.39 is 6.10 Å². The van der Waals surface area contributed by atoms with Gasteiger partial charge in [-0.3, -0.25) is 0 Å². The molecule has 19 heavy (non-hydrogen) atoms. The van der Waals surface area contributed by atoms with Gasteiger partial charge in [0.25, 0.3) is 0 Å². The maximum Gasteiger partial charge on any atom is 0.105 e. The van der Waals surface area contributed by atoms with Gasteiger partial charge in [-0.05, 0) is 83.8 Å². The average molecular weight is 431 g/mol.